The first-order valence-corrected chi connectivity index (χ1v) is 6.09. The van der Waals surface area contributed by atoms with E-state index in [4.69, 9.17) is 9.84 Å². The molecule has 0 bridgehead atoms. The number of benzene rings is 2. The minimum absolute atomic E-state index is 0.00347. The molecule has 7 heteroatoms. The van der Waals surface area contributed by atoms with Crippen LogP contribution in [0, 0.1) is 5.82 Å². The average Bonchev–Trinajstić information content (AvgIpc) is 2.45. The lowest BCUT2D eigenvalue weighted by Gasteiger charge is -2.14. The summed E-state index contributed by atoms with van der Waals surface area (Å²) < 4.78 is 56.4. The largest absolute Gasteiger partial charge is 0.488 e. The number of halogens is 4. The van der Waals surface area contributed by atoms with E-state index in [2.05, 4.69) is 0 Å². The molecule has 1 N–H and O–H groups in total. The normalized spacial score (nSPS) is 11.3. The van der Waals surface area contributed by atoms with E-state index in [-0.39, 0.29) is 12.2 Å². The van der Waals surface area contributed by atoms with Gasteiger partial charge in [-0.25, -0.2) is 9.18 Å². The Bertz CT molecular complexity index is 695. The van der Waals surface area contributed by atoms with Crippen molar-refractivity contribution >= 4 is 5.97 Å². The predicted molar refractivity (Wildman–Crippen MR) is 69.1 cm³/mol. The average molecular weight is 314 g/mol. The summed E-state index contributed by atoms with van der Waals surface area (Å²) in [5.41, 5.74) is -0.838. The van der Waals surface area contributed by atoms with Gasteiger partial charge in [0.05, 0.1) is 5.56 Å². The minimum atomic E-state index is -4.75. The molecule has 0 radical (unpaired) electrons. The Morgan fingerprint density at radius 1 is 1.14 bits per heavy atom. The molecule has 2 rings (SSSR count). The van der Waals surface area contributed by atoms with Gasteiger partial charge in [0.1, 0.15) is 23.7 Å². The van der Waals surface area contributed by atoms with Crippen molar-refractivity contribution < 1.29 is 32.2 Å². The zero-order valence-electron chi connectivity index (χ0n) is 11.0. The summed E-state index contributed by atoms with van der Waals surface area (Å²) in [6.45, 7) is -0.268. The summed E-state index contributed by atoms with van der Waals surface area (Å²) in [6, 6.07) is 7.71. The van der Waals surface area contributed by atoms with Crippen LogP contribution in [0.4, 0.5) is 17.6 Å². The zero-order valence-corrected chi connectivity index (χ0v) is 11.0. The number of hydrogen-bond donors (Lipinski definition) is 1. The van der Waals surface area contributed by atoms with Gasteiger partial charge < -0.3 is 9.84 Å². The van der Waals surface area contributed by atoms with E-state index in [0.29, 0.717) is 11.6 Å². The molecule has 3 nitrogen and oxygen atoms in total. The summed E-state index contributed by atoms with van der Waals surface area (Å²) in [6.07, 6.45) is -4.75. The van der Waals surface area contributed by atoms with Crippen LogP contribution in [-0.4, -0.2) is 11.1 Å². The number of alkyl halides is 3. The minimum Gasteiger partial charge on any atom is -0.488 e. The number of hydrogen-bond acceptors (Lipinski definition) is 2. The third-order valence-corrected chi connectivity index (χ3v) is 2.82. The molecule has 0 saturated carbocycles. The molecule has 22 heavy (non-hydrogen) atoms. The highest BCUT2D eigenvalue weighted by Crippen LogP contribution is 2.36. The second-order valence-corrected chi connectivity index (χ2v) is 4.43. The van der Waals surface area contributed by atoms with Gasteiger partial charge in [0.15, 0.2) is 0 Å². The van der Waals surface area contributed by atoms with Crippen molar-refractivity contribution in [2.45, 2.75) is 12.8 Å². The van der Waals surface area contributed by atoms with Gasteiger partial charge in [-0.2, -0.15) is 13.2 Å². The van der Waals surface area contributed by atoms with Crippen LogP contribution in [0.1, 0.15) is 21.5 Å². The van der Waals surface area contributed by atoms with Crippen LogP contribution >= 0.6 is 0 Å². The first kappa shape index (κ1) is 15.8. The highest BCUT2D eigenvalue weighted by atomic mass is 19.4. The fourth-order valence-corrected chi connectivity index (χ4v) is 1.80. The molecule has 0 unspecified atom stereocenters. The standard InChI is InChI=1S/C15H10F4O3/c16-11-4-5-13(12(7-11)15(17,18)19)22-8-9-2-1-3-10(6-9)14(20)21/h1-7H,8H2,(H,20,21). The molecule has 2 aromatic rings. The van der Waals surface area contributed by atoms with Gasteiger partial charge in [0.25, 0.3) is 0 Å². The second kappa shape index (κ2) is 6.05. The van der Waals surface area contributed by atoms with Crippen molar-refractivity contribution in [2.75, 3.05) is 0 Å². The van der Waals surface area contributed by atoms with Crippen LogP contribution in [0.2, 0.25) is 0 Å². The lowest BCUT2D eigenvalue weighted by molar-refractivity contribution is -0.139. The topological polar surface area (TPSA) is 46.5 Å². The Balaban J connectivity index is 2.22. The molecule has 0 aliphatic carbocycles. The molecule has 0 fully saturated rings. The van der Waals surface area contributed by atoms with Gasteiger partial charge in [0.2, 0.25) is 0 Å². The van der Waals surface area contributed by atoms with Crippen LogP contribution in [0.3, 0.4) is 0 Å². The summed E-state index contributed by atoms with van der Waals surface area (Å²) in [4.78, 5) is 10.8. The monoisotopic (exact) mass is 314 g/mol. The van der Waals surface area contributed by atoms with Crippen LogP contribution in [0.25, 0.3) is 0 Å². The molecule has 0 aliphatic rings. The first-order valence-electron chi connectivity index (χ1n) is 6.09. The highest BCUT2D eigenvalue weighted by Gasteiger charge is 2.34. The molecule has 0 aliphatic heterocycles. The summed E-state index contributed by atoms with van der Waals surface area (Å²) in [7, 11) is 0. The van der Waals surface area contributed by atoms with Crippen LogP contribution in [0.5, 0.6) is 5.75 Å². The van der Waals surface area contributed by atoms with Gasteiger partial charge in [-0.15, -0.1) is 0 Å². The van der Waals surface area contributed by atoms with Gasteiger partial charge in [0, 0.05) is 0 Å². The third kappa shape index (κ3) is 3.75. The molecule has 0 saturated heterocycles. The van der Waals surface area contributed by atoms with Crippen molar-refractivity contribution in [3.8, 4) is 5.75 Å². The van der Waals surface area contributed by atoms with Gasteiger partial charge >= 0.3 is 12.1 Å². The lowest BCUT2D eigenvalue weighted by atomic mass is 10.1. The van der Waals surface area contributed by atoms with Gasteiger partial charge in [-0.1, -0.05) is 12.1 Å². The Morgan fingerprint density at radius 2 is 1.86 bits per heavy atom. The molecular weight excluding hydrogens is 304 g/mol. The maximum absolute atomic E-state index is 13.0. The van der Waals surface area contributed by atoms with Crippen molar-refractivity contribution in [3.63, 3.8) is 0 Å². The van der Waals surface area contributed by atoms with Crippen molar-refractivity contribution in [1.82, 2.24) is 0 Å². The summed E-state index contributed by atoms with van der Waals surface area (Å²) in [5, 5.41) is 8.84. The van der Waals surface area contributed by atoms with E-state index in [0.717, 1.165) is 12.1 Å². The molecule has 0 spiro atoms. The Hall–Kier alpha value is -2.57. The van der Waals surface area contributed by atoms with Crippen molar-refractivity contribution in [3.05, 3.63) is 65.0 Å². The molecule has 0 aromatic heterocycles. The lowest BCUT2D eigenvalue weighted by Crippen LogP contribution is -2.09. The second-order valence-electron chi connectivity index (χ2n) is 4.43. The zero-order chi connectivity index (χ0) is 16.3. The summed E-state index contributed by atoms with van der Waals surface area (Å²) >= 11 is 0. The fourth-order valence-electron chi connectivity index (χ4n) is 1.80. The van der Waals surface area contributed by atoms with Crippen LogP contribution in [0.15, 0.2) is 42.5 Å². The first-order chi connectivity index (χ1) is 10.3. The van der Waals surface area contributed by atoms with Gasteiger partial charge in [-0.3, -0.25) is 0 Å². The van der Waals surface area contributed by atoms with Crippen LogP contribution in [-0.2, 0) is 12.8 Å². The van der Waals surface area contributed by atoms with E-state index in [9.17, 15) is 22.4 Å². The van der Waals surface area contributed by atoms with E-state index in [1.807, 2.05) is 0 Å². The fraction of sp³-hybridized carbons (Fsp3) is 0.133. The number of carbonyl (C=O) groups is 1. The molecule has 0 atom stereocenters. The number of carboxylic acids is 1. The smallest absolute Gasteiger partial charge is 0.420 e. The van der Waals surface area contributed by atoms with E-state index >= 15 is 0 Å². The Morgan fingerprint density at radius 3 is 2.50 bits per heavy atom. The SMILES string of the molecule is O=C(O)c1cccc(COc2ccc(F)cc2C(F)(F)F)c1. The van der Waals surface area contributed by atoms with Crippen molar-refractivity contribution in [2.24, 2.45) is 0 Å². The molecular formula is C15H10F4O3. The molecule has 2 aromatic carbocycles. The van der Waals surface area contributed by atoms with E-state index in [1.165, 1.54) is 24.3 Å². The maximum atomic E-state index is 13.0. The highest BCUT2D eigenvalue weighted by molar-refractivity contribution is 5.87. The third-order valence-electron chi connectivity index (χ3n) is 2.82. The molecule has 0 amide bonds. The predicted octanol–water partition coefficient (Wildman–Crippen LogP) is 4.12. The van der Waals surface area contributed by atoms with Crippen molar-refractivity contribution in [1.29, 1.82) is 0 Å². The maximum Gasteiger partial charge on any atom is 0.420 e. The molecule has 116 valence electrons. The number of carboxylic acid groups (broad SMARTS) is 1. The Kier molecular flexibility index (Phi) is 4.35. The Labute approximate surface area is 122 Å². The van der Waals surface area contributed by atoms with Gasteiger partial charge in [-0.05, 0) is 35.9 Å². The quantitative estimate of drug-likeness (QED) is 0.864. The summed E-state index contributed by atoms with van der Waals surface area (Å²) in [5.74, 6) is -2.69. The number of ether oxygens (including phenoxy) is 1. The van der Waals surface area contributed by atoms with Crippen LogP contribution < -0.4 is 4.74 Å². The van der Waals surface area contributed by atoms with E-state index < -0.39 is 29.3 Å². The van der Waals surface area contributed by atoms with E-state index in [1.54, 1.807) is 0 Å². The molecule has 0 heterocycles. The number of rotatable bonds is 4. The number of aromatic carboxylic acids is 1.